The first-order valence-electron chi connectivity index (χ1n) is 13.7. The monoisotopic (exact) mass is 644 g/mol. The molecule has 8 atom stereocenters. The lowest BCUT2D eigenvalue weighted by Crippen LogP contribution is -2.61. The third-order valence-corrected chi connectivity index (χ3v) is 5.37. The molecule has 1 saturated heterocycles. The van der Waals surface area contributed by atoms with E-state index in [0.29, 0.717) is 0 Å². The normalized spacial score (nSPS) is 19.4. The van der Waals surface area contributed by atoms with Crippen molar-refractivity contribution in [2.24, 2.45) is 0 Å². The fourth-order valence-corrected chi connectivity index (χ4v) is 3.15. The number of aliphatic hydroxyl groups excluding tert-OH is 5. The molecule has 1 heterocycles. The zero-order chi connectivity index (χ0) is 35.6. The maximum atomic E-state index is 12.3. The number of carbonyl (C=O) groups is 2. The average Bonchev–Trinajstić information content (AvgIpc) is 3.06. The van der Waals surface area contributed by atoms with Crippen LogP contribution in [-0.4, -0.2) is 99.5 Å². The summed E-state index contributed by atoms with van der Waals surface area (Å²) >= 11 is 0. The van der Waals surface area contributed by atoms with Crippen LogP contribution < -0.4 is 10.6 Å². The van der Waals surface area contributed by atoms with Gasteiger partial charge in [0.15, 0.2) is 6.29 Å². The second kappa shape index (κ2) is 24.1. The number of amides is 2. The first kappa shape index (κ1) is 39.8. The van der Waals surface area contributed by atoms with E-state index >= 15 is 0 Å². The van der Waals surface area contributed by atoms with E-state index in [2.05, 4.69) is 141 Å². The Morgan fingerprint density at radius 3 is 1.56 bits per heavy atom. The molecular weight excluding hydrogens is 616 g/mol. The van der Waals surface area contributed by atoms with Gasteiger partial charge in [-0.3, -0.25) is 9.59 Å². The van der Waals surface area contributed by atoms with Crippen LogP contribution in [0.15, 0.2) is 0 Å². The highest BCUT2D eigenvalue weighted by atomic mass is 16.7. The number of aliphatic hydroxyl groups is 5. The van der Waals surface area contributed by atoms with Crippen LogP contribution in [0.1, 0.15) is 20.8 Å². The SMILES string of the molecule is CC#CC#CC#CC#CC#CC#CC#CC#CC#CC#CC#CC(=O)N[C@@H](COC1OC(CNC(C)=O)C(O)C(O)C1O)[C@H](O)[C@@H](C)O. The van der Waals surface area contributed by atoms with Gasteiger partial charge in [0.25, 0.3) is 5.91 Å². The highest BCUT2D eigenvalue weighted by molar-refractivity contribution is 5.94. The number of ether oxygens (including phenoxy) is 2. The molecule has 0 aromatic rings. The Hall–Kier alpha value is -6.18. The first-order chi connectivity index (χ1) is 23.1. The lowest BCUT2D eigenvalue weighted by Gasteiger charge is -2.40. The third-order valence-electron chi connectivity index (χ3n) is 5.37. The van der Waals surface area contributed by atoms with Gasteiger partial charge in [-0.1, -0.05) is 5.92 Å². The van der Waals surface area contributed by atoms with Crippen molar-refractivity contribution >= 4 is 11.8 Å². The zero-order valence-electron chi connectivity index (χ0n) is 25.9. The van der Waals surface area contributed by atoms with E-state index < -0.39 is 67.4 Å². The summed E-state index contributed by atoms with van der Waals surface area (Å²) in [6.45, 7) is 3.48. The largest absolute Gasteiger partial charge is 0.391 e. The van der Waals surface area contributed by atoms with Crippen molar-refractivity contribution in [2.75, 3.05) is 13.2 Å². The number of rotatable bonds is 8. The topological polar surface area (TPSA) is 178 Å². The molecule has 11 nitrogen and oxygen atoms in total. The lowest BCUT2D eigenvalue weighted by molar-refractivity contribution is -0.297. The lowest BCUT2D eigenvalue weighted by atomic mass is 9.98. The Balaban J connectivity index is 2.69. The molecule has 11 heteroatoms. The number of hydrogen-bond acceptors (Lipinski definition) is 9. The van der Waals surface area contributed by atoms with E-state index in [-0.39, 0.29) is 6.54 Å². The van der Waals surface area contributed by atoms with Gasteiger partial charge in [-0.15, -0.1) is 0 Å². The number of hydrogen-bond donors (Lipinski definition) is 7. The first-order valence-corrected chi connectivity index (χ1v) is 13.7. The van der Waals surface area contributed by atoms with Crippen LogP contribution in [0.3, 0.4) is 0 Å². The zero-order valence-corrected chi connectivity index (χ0v) is 25.9. The van der Waals surface area contributed by atoms with Crippen molar-refractivity contribution in [1.29, 1.82) is 0 Å². The molecule has 1 rings (SSSR count). The predicted molar refractivity (Wildman–Crippen MR) is 172 cm³/mol. The Labute approximate surface area is 279 Å². The number of nitrogens with one attached hydrogen (secondary N) is 2. The smallest absolute Gasteiger partial charge is 0.297 e. The molecular formula is C37H28N2O9. The van der Waals surface area contributed by atoms with Gasteiger partial charge in [0, 0.05) is 43.1 Å². The van der Waals surface area contributed by atoms with Crippen molar-refractivity contribution in [3.05, 3.63) is 0 Å². The van der Waals surface area contributed by atoms with Gasteiger partial charge in [0.1, 0.15) is 30.5 Å². The van der Waals surface area contributed by atoms with Crippen LogP contribution in [0, 0.1) is 130 Å². The quantitative estimate of drug-likeness (QED) is 0.131. The van der Waals surface area contributed by atoms with E-state index in [9.17, 15) is 35.1 Å². The Kier molecular flexibility index (Phi) is 20.0. The minimum absolute atomic E-state index is 0.188. The third kappa shape index (κ3) is 17.3. The molecule has 5 unspecified atom stereocenters. The molecule has 0 aromatic carbocycles. The van der Waals surface area contributed by atoms with Crippen LogP contribution in [0.4, 0.5) is 0 Å². The molecule has 1 aliphatic rings. The maximum Gasteiger partial charge on any atom is 0.297 e. The van der Waals surface area contributed by atoms with E-state index in [1.54, 1.807) is 6.92 Å². The fourth-order valence-electron chi connectivity index (χ4n) is 3.15. The molecule has 7 N–H and O–H groups in total. The molecule has 1 fully saturated rings. The molecule has 240 valence electrons. The molecule has 48 heavy (non-hydrogen) atoms. The van der Waals surface area contributed by atoms with Crippen LogP contribution in [0.25, 0.3) is 0 Å². The highest BCUT2D eigenvalue weighted by Crippen LogP contribution is 2.22. The minimum Gasteiger partial charge on any atom is -0.391 e. The van der Waals surface area contributed by atoms with Gasteiger partial charge >= 0.3 is 0 Å². The van der Waals surface area contributed by atoms with Gasteiger partial charge in [0.2, 0.25) is 5.91 Å². The standard InChI is InChI=1S/C37H28N2O9/c1-4-5-6-7-8-9-10-11-12-13-14-15-16-17-18-19-20-21-22-23-24-25-32(42)39-30(33(43)28(2)40)27-47-37-36(46)35(45)34(44)31(48-37)26-38-29(3)41/h28,30-31,33-37,40,43-46H,26-27H2,1-3H3,(H,38,41)(H,39,42)/t28-,30+,31?,33-,34?,35?,36?,37?/m1/s1. The van der Waals surface area contributed by atoms with Crippen molar-refractivity contribution in [3.63, 3.8) is 0 Å². The van der Waals surface area contributed by atoms with E-state index in [1.807, 2.05) is 0 Å². The molecule has 0 aliphatic carbocycles. The van der Waals surface area contributed by atoms with Gasteiger partial charge in [-0.2, -0.15) is 0 Å². The van der Waals surface area contributed by atoms with Crippen LogP contribution in [0.5, 0.6) is 0 Å². The Morgan fingerprint density at radius 2 is 1.15 bits per heavy atom. The second-order valence-electron chi connectivity index (χ2n) is 8.97. The highest BCUT2D eigenvalue weighted by Gasteiger charge is 2.44. The summed E-state index contributed by atoms with van der Waals surface area (Å²) in [5.74, 6) is 52.3. The van der Waals surface area contributed by atoms with Gasteiger partial charge in [-0.25, -0.2) is 0 Å². The fraction of sp³-hybridized carbons (Fsp3) is 0.351. The Morgan fingerprint density at radius 1 is 0.708 bits per heavy atom. The molecule has 0 spiro atoms. The van der Waals surface area contributed by atoms with Crippen molar-refractivity contribution in [3.8, 4) is 130 Å². The van der Waals surface area contributed by atoms with E-state index in [0.717, 1.165) is 0 Å². The second-order valence-corrected chi connectivity index (χ2v) is 8.97. The molecule has 0 aromatic heterocycles. The Bertz CT molecular complexity index is 1890. The summed E-state index contributed by atoms with van der Waals surface area (Å²) in [5, 5.41) is 55.5. The molecule has 2 amide bonds. The van der Waals surface area contributed by atoms with Crippen molar-refractivity contribution in [1.82, 2.24) is 10.6 Å². The molecule has 0 bridgehead atoms. The number of carbonyl (C=O) groups excluding carboxylic acids is 2. The van der Waals surface area contributed by atoms with Gasteiger partial charge in [-0.05, 0) is 109 Å². The predicted octanol–water partition coefficient (Wildman–Crippen LogP) is -3.77. The molecule has 1 aliphatic heterocycles. The van der Waals surface area contributed by atoms with Crippen molar-refractivity contribution < 1.29 is 44.6 Å². The summed E-state index contributed by atoms with van der Waals surface area (Å²) in [6.07, 6.45) is -10.4. The summed E-state index contributed by atoms with van der Waals surface area (Å²) in [7, 11) is 0. The summed E-state index contributed by atoms with van der Waals surface area (Å²) in [6, 6.07) is -1.24. The van der Waals surface area contributed by atoms with E-state index in [4.69, 9.17) is 9.47 Å². The van der Waals surface area contributed by atoms with Gasteiger partial charge < -0.3 is 45.6 Å². The van der Waals surface area contributed by atoms with E-state index in [1.165, 1.54) is 13.8 Å². The van der Waals surface area contributed by atoms with Crippen molar-refractivity contribution in [2.45, 2.75) is 69.7 Å². The minimum atomic E-state index is -1.70. The van der Waals surface area contributed by atoms with Crippen LogP contribution in [-0.2, 0) is 19.1 Å². The molecule has 0 radical (unpaired) electrons. The van der Waals surface area contributed by atoms with Gasteiger partial charge in [0.05, 0.1) is 18.8 Å². The summed E-state index contributed by atoms with van der Waals surface area (Å²) < 4.78 is 10.9. The molecule has 0 saturated carbocycles. The summed E-state index contributed by atoms with van der Waals surface area (Å²) in [5.41, 5.74) is 0. The maximum absolute atomic E-state index is 12.3. The van der Waals surface area contributed by atoms with Crippen LogP contribution in [0.2, 0.25) is 0 Å². The average molecular weight is 645 g/mol. The summed E-state index contributed by atoms with van der Waals surface area (Å²) in [4.78, 5) is 23.5. The van der Waals surface area contributed by atoms with Crippen LogP contribution >= 0.6 is 0 Å².